The van der Waals surface area contributed by atoms with Crippen molar-refractivity contribution in [2.75, 3.05) is 0 Å². The van der Waals surface area contributed by atoms with Gasteiger partial charge in [-0.2, -0.15) is 0 Å². The second-order valence-corrected chi connectivity index (χ2v) is 3.65. The van der Waals surface area contributed by atoms with Crippen LogP contribution in [0.1, 0.15) is 13.8 Å². The third kappa shape index (κ3) is 0.475. The van der Waals surface area contributed by atoms with Crippen LogP contribution in [0.2, 0.25) is 0 Å². The fourth-order valence-electron chi connectivity index (χ4n) is 1.93. The van der Waals surface area contributed by atoms with Crippen molar-refractivity contribution in [3.63, 3.8) is 0 Å². The van der Waals surface area contributed by atoms with Gasteiger partial charge in [-0.1, -0.05) is 13.8 Å². The summed E-state index contributed by atoms with van der Waals surface area (Å²) in [7, 11) is 0. The van der Waals surface area contributed by atoms with Gasteiger partial charge in [0.1, 0.15) is 0 Å². The van der Waals surface area contributed by atoms with E-state index >= 15 is 0 Å². The van der Waals surface area contributed by atoms with Gasteiger partial charge in [-0.15, -0.1) is 0 Å². The van der Waals surface area contributed by atoms with Crippen LogP contribution in [0.3, 0.4) is 0 Å². The van der Waals surface area contributed by atoms with Crippen molar-refractivity contribution < 1.29 is 14.6 Å². The number of cyclic esters (lactones) is 1. The zero-order chi connectivity index (χ0) is 7.52. The van der Waals surface area contributed by atoms with E-state index in [-0.39, 0.29) is 23.2 Å². The van der Waals surface area contributed by atoms with Gasteiger partial charge >= 0.3 is 5.97 Å². The number of hydrogen-bond acceptors (Lipinski definition) is 3. The van der Waals surface area contributed by atoms with E-state index in [1.807, 2.05) is 13.8 Å². The number of esters is 1. The zero-order valence-electron chi connectivity index (χ0n) is 6.00. The number of aliphatic hydroxyl groups excluding tert-OH is 1. The molecule has 2 fully saturated rings. The maximum Gasteiger partial charge on any atom is 0.312 e. The molecule has 0 aromatic carbocycles. The van der Waals surface area contributed by atoms with E-state index in [1.54, 1.807) is 0 Å². The molecule has 1 aliphatic heterocycles. The molecule has 1 heterocycles. The Morgan fingerprint density at radius 1 is 1.60 bits per heavy atom. The van der Waals surface area contributed by atoms with Gasteiger partial charge in [0.2, 0.25) is 6.29 Å². The number of fused-ring (bicyclic) bond motifs is 1. The molecule has 56 valence electrons. The van der Waals surface area contributed by atoms with E-state index < -0.39 is 6.29 Å². The summed E-state index contributed by atoms with van der Waals surface area (Å²) < 4.78 is 4.58. The van der Waals surface area contributed by atoms with Gasteiger partial charge in [-0.3, -0.25) is 4.79 Å². The molecule has 0 radical (unpaired) electrons. The normalized spacial score (nSPS) is 48.3. The van der Waals surface area contributed by atoms with Crippen molar-refractivity contribution in [1.29, 1.82) is 0 Å². The molecule has 1 aliphatic carbocycles. The zero-order valence-corrected chi connectivity index (χ0v) is 6.00. The monoisotopic (exact) mass is 142 g/mol. The first-order valence-electron chi connectivity index (χ1n) is 3.43. The molecule has 1 N–H and O–H groups in total. The molecule has 3 atom stereocenters. The summed E-state index contributed by atoms with van der Waals surface area (Å²) in [6.07, 6.45) is -0.840. The maximum absolute atomic E-state index is 10.9. The van der Waals surface area contributed by atoms with E-state index in [2.05, 4.69) is 4.74 Å². The lowest BCUT2D eigenvalue weighted by Gasteiger charge is -2.11. The Labute approximate surface area is 59.0 Å². The van der Waals surface area contributed by atoms with Crippen molar-refractivity contribution in [2.45, 2.75) is 20.1 Å². The minimum Gasteiger partial charge on any atom is -0.435 e. The van der Waals surface area contributed by atoms with Crippen molar-refractivity contribution >= 4 is 5.97 Å². The molecule has 2 unspecified atom stereocenters. The van der Waals surface area contributed by atoms with Gasteiger partial charge in [0.25, 0.3) is 0 Å². The van der Waals surface area contributed by atoms with Crippen LogP contribution in [0.15, 0.2) is 0 Å². The highest BCUT2D eigenvalue weighted by molar-refractivity contribution is 5.80. The molecule has 0 aromatic heterocycles. The van der Waals surface area contributed by atoms with Crippen LogP contribution in [-0.2, 0) is 9.53 Å². The number of ether oxygens (including phenoxy) is 1. The first-order chi connectivity index (χ1) is 4.55. The van der Waals surface area contributed by atoms with Crippen LogP contribution in [0.4, 0.5) is 0 Å². The van der Waals surface area contributed by atoms with E-state index in [4.69, 9.17) is 5.11 Å². The van der Waals surface area contributed by atoms with Crippen LogP contribution >= 0.6 is 0 Å². The molecule has 0 aromatic rings. The first kappa shape index (κ1) is 6.16. The number of carbonyl (C=O) groups is 1. The number of carbonyl (C=O) groups excluding carboxylic acids is 1. The van der Waals surface area contributed by atoms with Gasteiger partial charge < -0.3 is 9.84 Å². The van der Waals surface area contributed by atoms with E-state index in [0.717, 1.165) is 0 Å². The molecule has 3 heteroatoms. The molecule has 10 heavy (non-hydrogen) atoms. The molecule has 0 spiro atoms. The predicted octanol–water partition coefficient (Wildman–Crippen LogP) is 0.134. The summed E-state index contributed by atoms with van der Waals surface area (Å²) in [4.78, 5) is 10.9. The Bertz CT molecular complexity index is 197. The number of aliphatic hydroxyl groups is 1. The fraction of sp³-hybridized carbons (Fsp3) is 0.857. The standard InChI is InChI=1S/C7H10O3/c1-7(2)3-4(7)6(9)10-5(3)8/h3-5,8H,1-2H3/t3?,4-,5?/m1/s1. The van der Waals surface area contributed by atoms with Gasteiger partial charge in [-0.25, -0.2) is 0 Å². The summed E-state index contributed by atoms with van der Waals surface area (Å²) in [5, 5.41) is 9.10. The topological polar surface area (TPSA) is 46.5 Å². The second-order valence-electron chi connectivity index (χ2n) is 3.65. The molecule has 2 rings (SSSR count). The van der Waals surface area contributed by atoms with Crippen LogP contribution < -0.4 is 0 Å². The summed E-state index contributed by atoms with van der Waals surface area (Å²) in [5.74, 6) is -0.218. The highest BCUT2D eigenvalue weighted by Gasteiger charge is 2.71. The molecule has 0 bridgehead atoms. The molecule has 1 saturated heterocycles. The van der Waals surface area contributed by atoms with Crippen molar-refractivity contribution in [3.8, 4) is 0 Å². The van der Waals surface area contributed by atoms with Crippen LogP contribution in [0, 0.1) is 17.3 Å². The van der Waals surface area contributed by atoms with Gasteiger partial charge in [0, 0.05) is 5.92 Å². The van der Waals surface area contributed by atoms with Gasteiger partial charge in [0.15, 0.2) is 0 Å². The summed E-state index contributed by atoms with van der Waals surface area (Å²) in [5.41, 5.74) is -0.0191. The van der Waals surface area contributed by atoms with Gasteiger partial charge in [-0.05, 0) is 5.41 Å². The van der Waals surface area contributed by atoms with Crippen LogP contribution in [0.5, 0.6) is 0 Å². The van der Waals surface area contributed by atoms with Crippen molar-refractivity contribution in [3.05, 3.63) is 0 Å². The highest BCUT2D eigenvalue weighted by atomic mass is 16.6. The Kier molecular flexibility index (Phi) is 0.844. The molecule has 1 saturated carbocycles. The molecular formula is C7H10O3. The third-order valence-corrected chi connectivity index (χ3v) is 2.71. The minimum atomic E-state index is -0.840. The highest BCUT2D eigenvalue weighted by Crippen LogP contribution is 2.63. The van der Waals surface area contributed by atoms with E-state index in [0.29, 0.717) is 0 Å². The average Bonchev–Trinajstić information content (AvgIpc) is 2.17. The fourth-order valence-corrected chi connectivity index (χ4v) is 1.93. The Morgan fingerprint density at radius 3 is 2.40 bits per heavy atom. The maximum atomic E-state index is 10.9. The lowest BCUT2D eigenvalue weighted by Crippen LogP contribution is -2.18. The van der Waals surface area contributed by atoms with E-state index in [1.165, 1.54) is 0 Å². The van der Waals surface area contributed by atoms with Crippen molar-refractivity contribution in [1.82, 2.24) is 0 Å². The smallest absolute Gasteiger partial charge is 0.312 e. The number of rotatable bonds is 0. The van der Waals surface area contributed by atoms with Crippen LogP contribution in [-0.4, -0.2) is 17.4 Å². The summed E-state index contributed by atoms with van der Waals surface area (Å²) in [6.45, 7) is 3.96. The molecular weight excluding hydrogens is 132 g/mol. The molecule has 2 aliphatic rings. The Hall–Kier alpha value is -0.570. The van der Waals surface area contributed by atoms with E-state index in [9.17, 15) is 4.79 Å². The average molecular weight is 142 g/mol. The summed E-state index contributed by atoms with van der Waals surface area (Å²) in [6, 6.07) is 0. The third-order valence-electron chi connectivity index (χ3n) is 2.71. The molecule has 0 amide bonds. The summed E-state index contributed by atoms with van der Waals surface area (Å²) >= 11 is 0. The first-order valence-corrected chi connectivity index (χ1v) is 3.43. The Morgan fingerprint density at radius 2 is 2.20 bits per heavy atom. The van der Waals surface area contributed by atoms with Crippen molar-refractivity contribution in [2.24, 2.45) is 17.3 Å². The Balaban J connectivity index is 2.25. The van der Waals surface area contributed by atoms with Crippen LogP contribution in [0.25, 0.3) is 0 Å². The lowest BCUT2D eigenvalue weighted by atomic mass is 10.1. The quantitative estimate of drug-likeness (QED) is 0.489. The number of hydrogen-bond donors (Lipinski definition) is 1. The largest absolute Gasteiger partial charge is 0.435 e. The van der Waals surface area contributed by atoms with Gasteiger partial charge in [0.05, 0.1) is 5.92 Å². The predicted molar refractivity (Wildman–Crippen MR) is 32.9 cm³/mol. The second kappa shape index (κ2) is 1.37. The minimum absolute atomic E-state index is 0.0191. The SMILES string of the molecule is CC1(C)C2C(O)OC(=O)[C@@H]21. The lowest BCUT2D eigenvalue weighted by molar-refractivity contribution is -0.164. The molecule has 3 nitrogen and oxygen atoms in total.